The van der Waals surface area contributed by atoms with Gasteiger partial charge in [0, 0.05) is 11.4 Å². The minimum absolute atomic E-state index is 0.293. The highest BCUT2D eigenvalue weighted by Crippen LogP contribution is 2.17. The summed E-state index contributed by atoms with van der Waals surface area (Å²) in [5, 5.41) is 3.12. The molecular formula is C9H11FN2O. The molecule has 4 heteroatoms. The summed E-state index contributed by atoms with van der Waals surface area (Å²) in [7, 11) is 0. The first-order valence-electron chi connectivity index (χ1n) is 4.14. The average Bonchev–Trinajstić information content (AvgIpc) is 1.95. The molecule has 1 fully saturated rings. The van der Waals surface area contributed by atoms with Gasteiger partial charge in [0.15, 0.2) is 0 Å². The van der Waals surface area contributed by atoms with E-state index in [2.05, 4.69) is 5.32 Å². The molecule has 1 aliphatic heterocycles. The lowest BCUT2D eigenvalue weighted by molar-refractivity contribution is 0.0211. The van der Waals surface area contributed by atoms with Crippen molar-refractivity contribution in [3.8, 4) is 0 Å². The summed E-state index contributed by atoms with van der Waals surface area (Å²) in [5.41, 5.74) is 6.63. The zero-order valence-corrected chi connectivity index (χ0v) is 7.09. The molecule has 3 N–H and O–H groups in total. The summed E-state index contributed by atoms with van der Waals surface area (Å²) < 4.78 is 17.8. The van der Waals surface area contributed by atoms with Crippen molar-refractivity contribution in [2.75, 3.05) is 24.3 Å². The number of nitrogens with one attached hydrogen (secondary N) is 1. The van der Waals surface area contributed by atoms with Crippen LogP contribution in [0.1, 0.15) is 0 Å². The van der Waals surface area contributed by atoms with Crippen molar-refractivity contribution in [2.24, 2.45) is 0 Å². The second kappa shape index (κ2) is 3.22. The van der Waals surface area contributed by atoms with Crippen LogP contribution in [0.3, 0.4) is 0 Å². The number of nitrogens with two attached hydrogens (primary N) is 1. The van der Waals surface area contributed by atoms with E-state index in [1.165, 1.54) is 12.1 Å². The monoisotopic (exact) mass is 182 g/mol. The molecular weight excluding hydrogens is 171 g/mol. The van der Waals surface area contributed by atoms with E-state index in [-0.39, 0.29) is 5.82 Å². The van der Waals surface area contributed by atoms with Gasteiger partial charge in [-0.15, -0.1) is 0 Å². The maximum atomic E-state index is 12.8. The van der Waals surface area contributed by atoms with Gasteiger partial charge in [-0.1, -0.05) is 0 Å². The van der Waals surface area contributed by atoms with E-state index in [0.717, 1.165) is 0 Å². The fourth-order valence-corrected chi connectivity index (χ4v) is 1.25. The van der Waals surface area contributed by atoms with E-state index in [4.69, 9.17) is 10.5 Å². The van der Waals surface area contributed by atoms with E-state index >= 15 is 0 Å². The topological polar surface area (TPSA) is 47.3 Å². The van der Waals surface area contributed by atoms with Crippen LogP contribution in [0.15, 0.2) is 18.2 Å². The highest BCUT2D eigenvalue weighted by molar-refractivity contribution is 5.55. The molecule has 0 saturated carbocycles. The third-order valence-corrected chi connectivity index (χ3v) is 1.93. The molecule has 0 aromatic heterocycles. The number of halogens is 1. The molecule has 2 rings (SSSR count). The Balaban J connectivity index is 2.10. The van der Waals surface area contributed by atoms with Crippen LogP contribution in [-0.2, 0) is 4.74 Å². The van der Waals surface area contributed by atoms with E-state index < -0.39 is 0 Å². The van der Waals surface area contributed by atoms with Gasteiger partial charge in [0.05, 0.1) is 19.3 Å². The number of benzene rings is 1. The molecule has 0 radical (unpaired) electrons. The Morgan fingerprint density at radius 2 is 2.15 bits per heavy atom. The van der Waals surface area contributed by atoms with Gasteiger partial charge in [0.25, 0.3) is 0 Å². The van der Waals surface area contributed by atoms with Gasteiger partial charge in [-0.3, -0.25) is 0 Å². The van der Waals surface area contributed by atoms with Gasteiger partial charge < -0.3 is 15.8 Å². The van der Waals surface area contributed by atoms with Crippen molar-refractivity contribution < 1.29 is 9.13 Å². The summed E-state index contributed by atoms with van der Waals surface area (Å²) in [4.78, 5) is 0. The Morgan fingerprint density at radius 1 is 1.38 bits per heavy atom. The van der Waals surface area contributed by atoms with Crippen LogP contribution < -0.4 is 11.1 Å². The van der Waals surface area contributed by atoms with E-state index in [1.807, 2.05) is 0 Å². The number of ether oxygens (including phenoxy) is 1. The average molecular weight is 182 g/mol. The predicted octanol–water partition coefficient (Wildman–Crippen LogP) is 1.22. The predicted molar refractivity (Wildman–Crippen MR) is 49.0 cm³/mol. The first kappa shape index (κ1) is 8.31. The maximum absolute atomic E-state index is 12.8. The van der Waals surface area contributed by atoms with Crippen LogP contribution in [-0.4, -0.2) is 19.3 Å². The largest absolute Gasteiger partial charge is 0.399 e. The molecule has 1 aliphatic rings. The van der Waals surface area contributed by atoms with Crippen molar-refractivity contribution in [1.29, 1.82) is 0 Å². The Hall–Kier alpha value is -1.29. The first-order chi connectivity index (χ1) is 6.24. The van der Waals surface area contributed by atoms with Crippen molar-refractivity contribution in [3.05, 3.63) is 24.0 Å². The molecule has 0 aliphatic carbocycles. The highest BCUT2D eigenvalue weighted by Gasteiger charge is 2.17. The molecule has 1 aromatic carbocycles. The summed E-state index contributed by atoms with van der Waals surface area (Å²) >= 11 is 0. The van der Waals surface area contributed by atoms with Crippen LogP contribution in [0.25, 0.3) is 0 Å². The third kappa shape index (κ3) is 1.89. The summed E-state index contributed by atoms with van der Waals surface area (Å²) in [6.07, 6.45) is 0. The molecule has 0 amide bonds. The van der Waals surface area contributed by atoms with Crippen LogP contribution in [0.5, 0.6) is 0 Å². The van der Waals surface area contributed by atoms with Crippen LogP contribution in [0, 0.1) is 5.82 Å². The lowest BCUT2D eigenvalue weighted by atomic mass is 10.2. The molecule has 70 valence electrons. The molecule has 1 heterocycles. The first-order valence-corrected chi connectivity index (χ1v) is 4.14. The quantitative estimate of drug-likeness (QED) is 0.676. The lowest BCUT2D eigenvalue weighted by Crippen LogP contribution is -2.40. The van der Waals surface area contributed by atoms with Gasteiger partial charge in [0.1, 0.15) is 5.82 Å². The van der Waals surface area contributed by atoms with Gasteiger partial charge in [-0.25, -0.2) is 4.39 Å². The van der Waals surface area contributed by atoms with Crippen LogP contribution in [0.2, 0.25) is 0 Å². The van der Waals surface area contributed by atoms with E-state index in [0.29, 0.717) is 30.6 Å². The second-order valence-electron chi connectivity index (χ2n) is 3.15. The van der Waals surface area contributed by atoms with Crippen LogP contribution >= 0.6 is 0 Å². The standard InChI is InChI=1S/C9H11FN2O/c10-6-1-7(11)3-8(2-6)12-9-4-13-5-9/h1-3,9,12H,4-5,11H2. The van der Waals surface area contributed by atoms with E-state index in [1.54, 1.807) is 6.07 Å². The number of anilines is 2. The van der Waals surface area contributed by atoms with Crippen LogP contribution in [0.4, 0.5) is 15.8 Å². The third-order valence-electron chi connectivity index (χ3n) is 1.93. The Morgan fingerprint density at radius 3 is 2.69 bits per heavy atom. The minimum atomic E-state index is -0.317. The van der Waals surface area contributed by atoms with Gasteiger partial charge in [0.2, 0.25) is 0 Å². The summed E-state index contributed by atoms with van der Waals surface area (Å²) in [6.45, 7) is 1.35. The second-order valence-corrected chi connectivity index (χ2v) is 3.15. The molecule has 13 heavy (non-hydrogen) atoms. The molecule has 0 spiro atoms. The SMILES string of the molecule is Nc1cc(F)cc(NC2COC2)c1. The number of nitrogen functional groups attached to an aromatic ring is 1. The van der Waals surface area contributed by atoms with Gasteiger partial charge in [-0.2, -0.15) is 0 Å². The lowest BCUT2D eigenvalue weighted by Gasteiger charge is -2.27. The fourth-order valence-electron chi connectivity index (χ4n) is 1.25. The minimum Gasteiger partial charge on any atom is -0.399 e. The van der Waals surface area contributed by atoms with Gasteiger partial charge in [-0.05, 0) is 18.2 Å². The number of hydrogen-bond donors (Lipinski definition) is 2. The Bertz CT molecular complexity index is 292. The van der Waals surface area contributed by atoms with Crippen molar-refractivity contribution in [1.82, 2.24) is 0 Å². The highest BCUT2D eigenvalue weighted by atomic mass is 19.1. The smallest absolute Gasteiger partial charge is 0.127 e. The Kier molecular flexibility index (Phi) is 2.06. The molecule has 1 saturated heterocycles. The van der Waals surface area contributed by atoms with Crippen molar-refractivity contribution >= 4 is 11.4 Å². The normalized spacial score (nSPS) is 16.7. The van der Waals surface area contributed by atoms with Crippen molar-refractivity contribution in [3.63, 3.8) is 0 Å². The molecule has 0 atom stereocenters. The summed E-state index contributed by atoms with van der Waals surface area (Å²) in [5.74, 6) is -0.317. The molecule has 3 nitrogen and oxygen atoms in total. The number of rotatable bonds is 2. The molecule has 1 aromatic rings. The maximum Gasteiger partial charge on any atom is 0.127 e. The van der Waals surface area contributed by atoms with Crippen molar-refractivity contribution in [2.45, 2.75) is 6.04 Å². The molecule has 0 bridgehead atoms. The number of hydrogen-bond acceptors (Lipinski definition) is 3. The molecule has 0 unspecified atom stereocenters. The zero-order valence-electron chi connectivity index (χ0n) is 7.09. The summed E-state index contributed by atoms with van der Waals surface area (Å²) in [6, 6.07) is 4.72. The fraction of sp³-hybridized carbons (Fsp3) is 0.333. The Labute approximate surface area is 75.7 Å². The van der Waals surface area contributed by atoms with E-state index in [9.17, 15) is 4.39 Å². The van der Waals surface area contributed by atoms with Gasteiger partial charge >= 0.3 is 0 Å². The zero-order chi connectivity index (χ0) is 9.26.